The number of nitrogens with zero attached hydrogens (tertiary/aromatic N) is 2. The monoisotopic (exact) mass is 770 g/mol. The number of aryl methyl sites for hydroxylation is 1. The molecule has 5 aliphatic rings. The summed E-state index contributed by atoms with van der Waals surface area (Å²) in [4.78, 5) is 5.59. The van der Waals surface area contributed by atoms with Gasteiger partial charge in [-0.25, -0.2) is 0 Å². The summed E-state index contributed by atoms with van der Waals surface area (Å²) in [5.41, 5.74) is 25.1. The second-order valence-corrected chi connectivity index (χ2v) is 21.8. The lowest BCUT2D eigenvalue weighted by Gasteiger charge is -2.53. The van der Waals surface area contributed by atoms with Crippen LogP contribution >= 0.6 is 0 Å². The number of benzene rings is 6. The van der Waals surface area contributed by atoms with E-state index in [0.717, 1.165) is 0 Å². The van der Waals surface area contributed by atoms with Crippen molar-refractivity contribution in [2.24, 2.45) is 0 Å². The molecule has 3 heteroatoms. The van der Waals surface area contributed by atoms with Gasteiger partial charge in [0.05, 0.1) is 11.2 Å². The summed E-state index contributed by atoms with van der Waals surface area (Å²) < 4.78 is 0. The van der Waals surface area contributed by atoms with Crippen LogP contribution in [-0.4, -0.2) is 12.3 Å². The van der Waals surface area contributed by atoms with Crippen LogP contribution in [0.5, 0.6) is 0 Å². The molecule has 296 valence electrons. The Morgan fingerprint density at radius 1 is 0.559 bits per heavy atom. The van der Waals surface area contributed by atoms with Crippen molar-refractivity contribution in [1.82, 2.24) is 0 Å². The highest BCUT2D eigenvalue weighted by Gasteiger charge is 2.62. The molecular weight excluding hydrogens is 711 g/mol. The van der Waals surface area contributed by atoms with E-state index in [0.29, 0.717) is 0 Å². The second kappa shape index (κ2) is 11.8. The van der Waals surface area contributed by atoms with Crippen molar-refractivity contribution in [3.63, 3.8) is 0 Å². The fraction of sp³-hybridized carbons (Fsp3) is 0.357. The zero-order valence-corrected chi connectivity index (χ0v) is 37.2. The first-order valence-corrected chi connectivity index (χ1v) is 22.4. The summed E-state index contributed by atoms with van der Waals surface area (Å²) in [7, 11) is 0. The smallest absolute Gasteiger partial charge is 0.252 e. The lowest BCUT2D eigenvalue weighted by Crippen LogP contribution is -2.65. The summed E-state index contributed by atoms with van der Waals surface area (Å²) in [6, 6.07) is 43.1. The van der Waals surface area contributed by atoms with Gasteiger partial charge in [0.1, 0.15) is 0 Å². The van der Waals surface area contributed by atoms with Gasteiger partial charge in [0.2, 0.25) is 0 Å². The average Bonchev–Trinajstić information content (AvgIpc) is 3.56. The molecule has 2 unspecified atom stereocenters. The van der Waals surface area contributed by atoms with E-state index in [9.17, 15) is 0 Å². The summed E-state index contributed by atoms with van der Waals surface area (Å²) in [5.74, 6) is 0. The SMILES string of the molecule is Cc1cc2c3c(c1)N1c4c(cc(C(C)(C)C)cc4C4(C)CCCCC14C)B3c1c(ccc3c1-c1ccccc1C3(C)C)N2c1ccc(C(C)(C)C)cc1-c1ccccc1. The van der Waals surface area contributed by atoms with Gasteiger partial charge in [-0.3, -0.25) is 0 Å². The predicted molar refractivity (Wildman–Crippen MR) is 254 cm³/mol. The van der Waals surface area contributed by atoms with Gasteiger partial charge in [-0.1, -0.05) is 154 Å². The number of hydrogen-bond donors (Lipinski definition) is 0. The van der Waals surface area contributed by atoms with Gasteiger partial charge < -0.3 is 9.80 Å². The Hall–Kier alpha value is -5.02. The largest absolute Gasteiger partial charge is 0.335 e. The van der Waals surface area contributed by atoms with E-state index in [1.807, 2.05) is 0 Å². The van der Waals surface area contributed by atoms with Gasteiger partial charge in [-0.15, -0.1) is 0 Å². The third kappa shape index (κ3) is 4.77. The zero-order valence-electron chi connectivity index (χ0n) is 37.2. The molecule has 1 fully saturated rings. The normalized spacial score (nSPS) is 21.7. The molecule has 6 aromatic carbocycles. The molecule has 11 rings (SSSR count). The molecule has 0 N–H and O–H groups in total. The van der Waals surface area contributed by atoms with Gasteiger partial charge in [-0.2, -0.15) is 0 Å². The van der Waals surface area contributed by atoms with Crippen LogP contribution in [-0.2, 0) is 21.7 Å². The lowest BCUT2D eigenvalue weighted by atomic mass is 9.32. The minimum absolute atomic E-state index is 0.00685. The van der Waals surface area contributed by atoms with E-state index in [2.05, 4.69) is 195 Å². The highest BCUT2D eigenvalue weighted by atomic mass is 15.3. The molecule has 2 atom stereocenters. The van der Waals surface area contributed by atoms with Crippen LogP contribution in [0.3, 0.4) is 0 Å². The van der Waals surface area contributed by atoms with Gasteiger partial charge in [0, 0.05) is 39.1 Å². The minimum atomic E-state index is -0.114. The first-order valence-electron chi connectivity index (χ1n) is 22.4. The highest BCUT2D eigenvalue weighted by molar-refractivity contribution is 7.01. The Morgan fingerprint density at radius 2 is 1.24 bits per heavy atom. The molecule has 59 heavy (non-hydrogen) atoms. The van der Waals surface area contributed by atoms with Crippen LogP contribution in [0.2, 0.25) is 0 Å². The van der Waals surface area contributed by atoms with Gasteiger partial charge in [0.15, 0.2) is 0 Å². The molecule has 6 aromatic rings. The van der Waals surface area contributed by atoms with Crippen LogP contribution in [0, 0.1) is 6.92 Å². The molecule has 3 heterocycles. The van der Waals surface area contributed by atoms with Crippen molar-refractivity contribution in [1.29, 1.82) is 0 Å². The molecule has 2 nitrogen and oxygen atoms in total. The molecule has 1 saturated carbocycles. The fourth-order valence-electron chi connectivity index (χ4n) is 12.5. The lowest BCUT2D eigenvalue weighted by molar-refractivity contribution is 0.195. The Morgan fingerprint density at radius 3 is 1.98 bits per heavy atom. The van der Waals surface area contributed by atoms with E-state index >= 15 is 0 Å². The summed E-state index contributed by atoms with van der Waals surface area (Å²) in [6.07, 6.45) is 4.97. The topological polar surface area (TPSA) is 6.48 Å². The predicted octanol–water partition coefficient (Wildman–Crippen LogP) is 12.9. The maximum absolute atomic E-state index is 2.90. The van der Waals surface area contributed by atoms with E-state index in [1.54, 1.807) is 5.56 Å². The Bertz CT molecular complexity index is 2780. The molecule has 3 aliphatic heterocycles. The number of anilines is 5. The first-order chi connectivity index (χ1) is 27.9. The van der Waals surface area contributed by atoms with Crippen molar-refractivity contribution in [3.8, 4) is 22.3 Å². The molecule has 2 aliphatic carbocycles. The molecule has 0 radical (unpaired) electrons. The molecular formula is C56H59BN2. The van der Waals surface area contributed by atoms with Crippen molar-refractivity contribution < 1.29 is 0 Å². The van der Waals surface area contributed by atoms with Crippen molar-refractivity contribution in [2.75, 3.05) is 9.80 Å². The van der Waals surface area contributed by atoms with E-state index in [1.165, 1.54) is 121 Å². The molecule has 0 spiro atoms. The Balaban J connectivity index is 1.32. The average molecular weight is 771 g/mol. The Labute approximate surface area is 353 Å². The van der Waals surface area contributed by atoms with Crippen molar-refractivity contribution >= 4 is 51.5 Å². The molecule has 0 amide bonds. The van der Waals surface area contributed by atoms with E-state index < -0.39 is 0 Å². The quantitative estimate of drug-likeness (QED) is 0.162. The highest BCUT2D eigenvalue weighted by Crippen LogP contribution is 2.63. The first kappa shape index (κ1) is 37.0. The minimum Gasteiger partial charge on any atom is -0.335 e. The standard InChI is InChI=1S/C56H59BN2/c1-34-29-46-49-47(30-34)59-51-42(55(10)27-17-18-28-56(55,59)11)32-37(53(5,6)7)33-43(51)57(49)50-45(26-24-41-48(50)38-21-15-16-22-40(38)54(41,8)9)58(46)44-25-23-36(52(2,3)4)31-39(44)35-19-13-12-14-20-35/h12-16,19-26,29-33H,17-18,27-28H2,1-11H3. The van der Waals surface area contributed by atoms with Crippen LogP contribution in [0.25, 0.3) is 22.3 Å². The van der Waals surface area contributed by atoms with E-state index in [-0.39, 0.29) is 33.9 Å². The van der Waals surface area contributed by atoms with Crippen LogP contribution < -0.4 is 26.2 Å². The molecule has 0 saturated heterocycles. The summed E-state index contributed by atoms with van der Waals surface area (Å²) in [6.45, 7) is 26.8. The fourth-order valence-corrected chi connectivity index (χ4v) is 12.5. The zero-order chi connectivity index (χ0) is 41.2. The number of rotatable bonds is 2. The summed E-state index contributed by atoms with van der Waals surface area (Å²) >= 11 is 0. The van der Waals surface area contributed by atoms with Crippen molar-refractivity contribution in [3.05, 3.63) is 143 Å². The van der Waals surface area contributed by atoms with Gasteiger partial charge in [-0.05, 0) is 134 Å². The second-order valence-electron chi connectivity index (χ2n) is 21.8. The van der Waals surface area contributed by atoms with E-state index in [4.69, 9.17) is 0 Å². The van der Waals surface area contributed by atoms with Gasteiger partial charge >= 0.3 is 0 Å². The number of fused-ring (bicyclic) bond motifs is 11. The molecule has 0 bridgehead atoms. The Kier molecular flexibility index (Phi) is 7.43. The van der Waals surface area contributed by atoms with Crippen LogP contribution in [0.15, 0.2) is 109 Å². The third-order valence-corrected chi connectivity index (χ3v) is 15.9. The maximum Gasteiger partial charge on any atom is 0.252 e. The third-order valence-electron chi connectivity index (χ3n) is 15.9. The van der Waals surface area contributed by atoms with Crippen molar-refractivity contribution in [2.45, 2.75) is 129 Å². The maximum atomic E-state index is 2.90. The number of hydrogen-bond acceptors (Lipinski definition) is 2. The summed E-state index contributed by atoms with van der Waals surface area (Å²) in [5, 5.41) is 0. The van der Waals surface area contributed by atoms with Crippen LogP contribution in [0.4, 0.5) is 28.4 Å². The van der Waals surface area contributed by atoms with Gasteiger partial charge in [0.25, 0.3) is 6.71 Å². The molecule has 0 aromatic heterocycles. The van der Waals surface area contributed by atoms with Crippen LogP contribution in [0.1, 0.15) is 128 Å².